The lowest BCUT2D eigenvalue weighted by Gasteiger charge is -2.33. The minimum Gasteiger partial charge on any atom is -0.366 e. The highest BCUT2D eigenvalue weighted by molar-refractivity contribution is 8.15. The van der Waals surface area contributed by atoms with E-state index in [9.17, 15) is 9.59 Å². The molecule has 0 spiro atoms. The van der Waals surface area contributed by atoms with Gasteiger partial charge in [0.25, 0.3) is 0 Å². The van der Waals surface area contributed by atoms with Crippen molar-refractivity contribution < 1.29 is 9.59 Å². The third-order valence-electron chi connectivity index (χ3n) is 3.45. The summed E-state index contributed by atoms with van der Waals surface area (Å²) < 4.78 is 0. The molecule has 2 aliphatic heterocycles. The Kier molecular flexibility index (Phi) is 3.51. The van der Waals surface area contributed by atoms with Crippen LogP contribution < -0.4 is 5.73 Å². The maximum absolute atomic E-state index is 12.2. The van der Waals surface area contributed by atoms with Crippen molar-refractivity contribution in [2.45, 2.75) is 13.0 Å². The lowest BCUT2D eigenvalue weighted by atomic mass is 9.94. The van der Waals surface area contributed by atoms with E-state index in [1.807, 2.05) is 6.07 Å². The number of carbonyl (C=O) groups excluding carboxylic acids is 2. The summed E-state index contributed by atoms with van der Waals surface area (Å²) in [7, 11) is 0. The number of fused-ring (bicyclic) bond motifs is 1. The molecule has 2 heterocycles. The van der Waals surface area contributed by atoms with E-state index < -0.39 is 11.9 Å². The fourth-order valence-corrected chi connectivity index (χ4v) is 3.73. The molecule has 21 heavy (non-hydrogen) atoms. The lowest BCUT2D eigenvalue weighted by molar-refractivity contribution is -0.125. The summed E-state index contributed by atoms with van der Waals surface area (Å²) in [5.41, 5.74) is 7.02. The van der Waals surface area contributed by atoms with Gasteiger partial charge in [-0.15, -0.1) is 0 Å². The molecule has 1 aromatic carbocycles. The molecule has 0 radical (unpaired) electrons. The van der Waals surface area contributed by atoms with Crippen molar-refractivity contribution in [1.29, 1.82) is 0 Å². The van der Waals surface area contributed by atoms with E-state index in [1.54, 1.807) is 25.1 Å². The summed E-state index contributed by atoms with van der Waals surface area (Å²) in [6, 6.07) is 6.52. The van der Waals surface area contributed by atoms with Gasteiger partial charge in [0.1, 0.15) is 0 Å². The molecule has 5 nitrogen and oxygen atoms in total. The average Bonchev–Trinajstić information content (AvgIpc) is 2.79. The number of allylic oxidation sites excluding steroid dienone is 1. The molecular weight excluding hydrogens is 310 g/mol. The van der Waals surface area contributed by atoms with Crippen LogP contribution >= 0.6 is 23.4 Å². The molecule has 2 amide bonds. The zero-order valence-corrected chi connectivity index (χ0v) is 12.7. The normalized spacial score (nSPS) is 21.4. The molecule has 0 aliphatic carbocycles. The van der Waals surface area contributed by atoms with Gasteiger partial charge in [0.15, 0.2) is 5.17 Å². The molecule has 0 bridgehead atoms. The first kappa shape index (κ1) is 14.2. The first-order chi connectivity index (χ1) is 10.0. The largest absolute Gasteiger partial charge is 0.366 e. The quantitative estimate of drug-likeness (QED) is 0.906. The van der Waals surface area contributed by atoms with E-state index in [-0.39, 0.29) is 5.91 Å². The van der Waals surface area contributed by atoms with Gasteiger partial charge in [-0.2, -0.15) is 0 Å². The zero-order chi connectivity index (χ0) is 15.1. The van der Waals surface area contributed by atoms with Gasteiger partial charge in [0.2, 0.25) is 11.8 Å². The van der Waals surface area contributed by atoms with Gasteiger partial charge in [0, 0.05) is 5.02 Å². The molecule has 3 rings (SSSR count). The summed E-state index contributed by atoms with van der Waals surface area (Å²) in [6.45, 7) is 1.72. The summed E-state index contributed by atoms with van der Waals surface area (Å²) in [5.74, 6) is -0.390. The molecule has 2 N–H and O–H groups in total. The van der Waals surface area contributed by atoms with Crippen molar-refractivity contribution in [3.63, 3.8) is 0 Å². The molecular formula is C14H12ClN3O2S. The smallest absolute Gasteiger partial charge is 0.248 e. The SMILES string of the molecule is CC1=C(C(N)=O)[C@H](c2ccccc2Cl)N2C(=O)CSC2=N1. The second kappa shape index (κ2) is 5.20. The van der Waals surface area contributed by atoms with Gasteiger partial charge in [-0.3, -0.25) is 14.5 Å². The van der Waals surface area contributed by atoms with Crippen molar-refractivity contribution in [1.82, 2.24) is 4.90 Å². The second-order valence-electron chi connectivity index (χ2n) is 4.73. The fraction of sp³-hybridized carbons (Fsp3) is 0.214. The number of hydrogen-bond donors (Lipinski definition) is 1. The number of aliphatic imine (C=N–C) groups is 1. The molecule has 1 fully saturated rings. The van der Waals surface area contributed by atoms with Gasteiger partial charge in [-0.05, 0) is 18.6 Å². The summed E-state index contributed by atoms with van der Waals surface area (Å²) in [4.78, 5) is 29.9. The monoisotopic (exact) mass is 321 g/mol. The third kappa shape index (κ3) is 2.24. The molecule has 0 saturated carbocycles. The first-order valence-electron chi connectivity index (χ1n) is 6.29. The first-order valence-corrected chi connectivity index (χ1v) is 7.65. The van der Waals surface area contributed by atoms with Crippen LogP contribution in [0, 0.1) is 0 Å². The Morgan fingerprint density at radius 2 is 2.19 bits per heavy atom. The van der Waals surface area contributed by atoms with Crippen molar-refractivity contribution in [2.75, 3.05) is 5.75 Å². The Bertz CT molecular complexity index is 714. The highest BCUT2D eigenvalue weighted by atomic mass is 35.5. The van der Waals surface area contributed by atoms with Crippen LogP contribution in [-0.2, 0) is 9.59 Å². The fourth-order valence-electron chi connectivity index (χ4n) is 2.55. The van der Waals surface area contributed by atoms with Gasteiger partial charge in [-0.1, -0.05) is 41.6 Å². The zero-order valence-electron chi connectivity index (χ0n) is 11.2. The van der Waals surface area contributed by atoms with Gasteiger partial charge in [-0.25, -0.2) is 4.99 Å². The predicted molar refractivity (Wildman–Crippen MR) is 82.8 cm³/mol. The summed E-state index contributed by atoms with van der Waals surface area (Å²) in [6.07, 6.45) is 0. The standard InChI is InChI=1S/C14H12ClN3O2S/c1-7-11(13(16)20)12(8-4-2-3-5-9(8)15)18-10(19)6-21-14(18)17-7/h2-5,12H,6H2,1H3,(H2,16,20)/t12-/m0/s1. The molecule has 2 aliphatic rings. The van der Waals surface area contributed by atoms with Gasteiger partial charge in [0.05, 0.1) is 23.1 Å². The molecule has 0 unspecified atom stereocenters. The van der Waals surface area contributed by atoms with Crippen LogP contribution in [0.2, 0.25) is 5.02 Å². The van der Waals surface area contributed by atoms with E-state index in [0.717, 1.165) is 0 Å². The van der Waals surface area contributed by atoms with Crippen LogP contribution in [0.5, 0.6) is 0 Å². The number of primary amides is 1. The Labute approximate surface area is 130 Å². The molecule has 1 saturated heterocycles. The highest BCUT2D eigenvalue weighted by Crippen LogP contribution is 2.42. The molecule has 7 heteroatoms. The number of nitrogens with two attached hydrogens (primary N) is 1. The van der Waals surface area contributed by atoms with E-state index in [2.05, 4.69) is 4.99 Å². The number of amidine groups is 1. The number of carbonyl (C=O) groups is 2. The van der Waals surface area contributed by atoms with Crippen molar-refractivity contribution in [2.24, 2.45) is 10.7 Å². The second-order valence-corrected chi connectivity index (χ2v) is 6.08. The molecule has 1 atom stereocenters. The van der Waals surface area contributed by atoms with Crippen LogP contribution in [0.3, 0.4) is 0 Å². The number of thioether (sulfide) groups is 1. The van der Waals surface area contributed by atoms with E-state index >= 15 is 0 Å². The average molecular weight is 322 g/mol. The van der Waals surface area contributed by atoms with Crippen LogP contribution in [0.4, 0.5) is 0 Å². The topological polar surface area (TPSA) is 75.8 Å². The lowest BCUT2D eigenvalue weighted by Crippen LogP contribution is -2.40. The van der Waals surface area contributed by atoms with Crippen molar-refractivity contribution >= 4 is 40.3 Å². The number of amides is 2. The number of nitrogens with zero attached hydrogens (tertiary/aromatic N) is 2. The van der Waals surface area contributed by atoms with Crippen LogP contribution in [0.25, 0.3) is 0 Å². The van der Waals surface area contributed by atoms with Crippen LogP contribution in [0.15, 0.2) is 40.5 Å². The number of hydrogen-bond acceptors (Lipinski definition) is 4. The maximum atomic E-state index is 12.2. The molecule has 1 aromatic rings. The van der Waals surface area contributed by atoms with Crippen LogP contribution in [0.1, 0.15) is 18.5 Å². The Morgan fingerprint density at radius 3 is 2.86 bits per heavy atom. The van der Waals surface area contributed by atoms with Gasteiger partial charge < -0.3 is 5.73 Å². The Hall–Kier alpha value is -1.79. The molecule has 0 aromatic heterocycles. The minimum absolute atomic E-state index is 0.102. The number of halogens is 1. The van der Waals surface area contributed by atoms with Crippen molar-refractivity contribution in [3.05, 3.63) is 46.1 Å². The molecule has 108 valence electrons. The number of rotatable bonds is 2. The summed E-state index contributed by atoms with van der Waals surface area (Å²) >= 11 is 7.61. The van der Waals surface area contributed by atoms with E-state index in [1.165, 1.54) is 16.7 Å². The van der Waals surface area contributed by atoms with E-state index in [0.29, 0.717) is 32.8 Å². The maximum Gasteiger partial charge on any atom is 0.248 e. The van der Waals surface area contributed by atoms with Crippen LogP contribution in [-0.4, -0.2) is 27.6 Å². The summed E-state index contributed by atoms with van der Waals surface area (Å²) in [5, 5.41) is 1.08. The van der Waals surface area contributed by atoms with Crippen molar-refractivity contribution in [3.8, 4) is 0 Å². The van der Waals surface area contributed by atoms with E-state index in [4.69, 9.17) is 17.3 Å². The number of benzene rings is 1. The minimum atomic E-state index is -0.605. The van der Waals surface area contributed by atoms with Gasteiger partial charge >= 0.3 is 0 Å². The Balaban J connectivity index is 2.23. The highest BCUT2D eigenvalue weighted by Gasteiger charge is 2.42. The predicted octanol–water partition coefficient (Wildman–Crippen LogP) is 2.09. The Morgan fingerprint density at radius 1 is 1.48 bits per heavy atom. The third-order valence-corrected chi connectivity index (χ3v) is 4.73.